The fraction of sp³-hybridized carbons (Fsp3) is 0.417. The molecule has 27 heavy (non-hydrogen) atoms. The quantitative estimate of drug-likeness (QED) is 0.667. The van der Waals surface area contributed by atoms with Crippen molar-refractivity contribution in [1.29, 1.82) is 0 Å². The number of rotatable bonds is 9. The molecule has 0 aromatic heterocycles. The second kappa shape index (κ2) is 11.0. The Balaban J connectivity index is 1.31. The van der Waals surface area contributed by atoms with E-state index in [1.807, 2.05) is 0 Å². The van der Waals surface area contributed by atoms with Crippen LogP contribution in [0.1, 0.15) is 24.5 Å². The second-order valence-electron chi connectivity index (χ2n) is 7.57. The Morgan fingerprint density at radius 2 is 1.85 bits per heavy atom. The van der Waals surface area contributed by atoms with E-state index in [0.29, 0.717) is 6.04 Å². The standard InChI is InChI=1S/C24H33N3/c1-21(17-22-9-4-2-5-10-22)19-25-13-8-15-27-16-14-26-24(20-27)18-23-11-6-3-7-12-23/h2-7,9-12,17,24-26H,8,13-16,18-20H2,1H3/b21-17+/t24-/m0/s1. The summed E-state index contributed by atoms with van der Waals surface area (Å²) in [7, 11) is 0. The van der Waals surface area contributed by atoms with Gasteiger partial charge < -0.3 is 15.5 Å². The zero-order valence-corrected chi connectivity index (χ0v) is 16.5. The molecule has 1 saturated heterocycles. The van der Waals surface area contributed by atoms with Crippen LogP contribution in [0.5, 0.6) is 0 Å². The summed E-state index contributed by atoms with van der Waals surface area (Å²) in [5.41, 5.74) is 4.09. The maximum Gasteiger partial charge on any atom is 0.0235 e. The molecule has 1 aliphatic rings. The topological polar surface area (TPSA) is 27.3 Å². The van der Waals surface area contributed by atoms with Gasteiger partial charge in [0.05, 0.1) is 0 Å². The van der Waals surface area contributed by atoms with Crippen LogP contribution in [0.3, 0.4) is 0 Å². The summed E-state index contributed by atoms with van der Waals surface area (Å²) in [6.45, 7) is 8.84. The van der Waals surface area contributed by atoms with E-state index < -0.39 is 0 Å². The Hall–Kier alpha value is -1.94. The minimum atomic E-state index is 0.574. The van der Waals surface area contributed by atoms with E-state index in [1.165, 1.54) is 29.7 Å². The first-order chi connectivity index (χ1) is 13.3. The number of hydrogen-bond acceptors (Lipinski definition) is 3. The summed E-state index contributed by atoms with van der Waals surface area (Å²) >= 11 is 0. The van der Waals surface area contributed by atoms with E-state index in [-0.39, 0.29) is 0 Å². The van der Waals surface area contributed by atoms with Crippen LogP contribution in [0, 0.1) is 0 Å². The van der Waals surface area contributed by atoms with Gasteiger partial charge in [0.25, 0.3) is 0 Å². The molecule has 0 saturated carbocycles. The monoisotopic (exact) mass is 363 g/mol. The van der Waals surface area contributed by atoms with Crippen molar-refractivity contribution < 1.29 is 0 Å². The highest BCUT2D eigenvalue weighted by Crippen LogP contribution is 2.08. The first kappa shape index (κ1) is 19.8. The Morgan fingerprint density at radius 1 is 1.11 bits per heavy atom. The zero-order valence-electron chi connectivity index (χ0n) is 16.5. The fourth-order valence-corrected chi connectivity index (χ4v) is 3.73. The van der Waals surface area contributed by atoms with Crippen LogP contribution in [0.15, 0.2) is 66.2 Å². The smallest absolute Gasteiger partial charge is 0.0235 e. The fourth-order valence-electron chi connectivity index (χ4n) is 3.73. The van der Waals surface area contributed by atoms with Crippen LogP contribution in [-0.4, -0.2) is 50.2 Å². The number of nitrogens with zero attached hydrogens (tertiary/aromatic N) is 1. The van der Waals surface area contributed by atoms with E-state index in [1.54, 1.807) is 0 Å². The van der Waals surface area contributed by atoms with E-state index in [4.69, 9.17) is 0 Å². The van der Waals surface area contributed by atoms with Crippen LogP contribution in [-0.2, 0) is 6.42 Å². The van der Waals surface area contributed by atoms with Crippen molar-refractivity contribution in [2.75, 3.05) is 39.3 Å². The van der Waals surface area contributed by atoms with Crippen LogP contribution in [0.25, 0.3) is 6.08 Å². The minimum absolute atomic E-state index is 0.574. The first-order valence-electron chi connectivity index (χ1n) is 10.2. The highest BCUT2D eigenvalue weighted by Gasteiger charge is 2.18. The van der Waals surface area contributed by atoms with Crippen molar-refractivity contribution in [3.8, 4) is 0 Å². The van der Waals surface area contributed by atoms with Gasteiger partial charge in [0, 0.05) is 32.2 Å². The van der Waals surface area contributed by atoms with Gasteiger partial charge in [0.1, 0.15) is 0 Å². The average molecular weight is 364 g/mol. The summed E-state index contributed by atoms with van der Waals surface area (Å²) in [5, 5.41) is 7.26. The summed E-state index contributed by atoms with van der Waals surface area (Å²) in [5.74, 6) is 0. The Kier molecular flexibility index (Phi) is 8.09. The van der Waals surface area contributed by atoms with Crippen molar-refractivity contribution in [3.05, 3.63) is 77.4 Å². The van der Waals surface area contributed by atoms with Gasteiger partial charge in [-0.05, 0) is 44.0 Å². The molecule has 1 heterocycles. The third-order valence-corrected chi connectivity index (χ3v) is 5.11. The molecule has 0 aliphatic carbocycles. The molecule has 2 aromatic rings. The number of hydrogen-bond donors (Lipinski definition) is 2. The lowest BCUT2D eigenvalue weighted by Gasteiger charge is -2.33. The van der Waals surface area contributed by atoms with E-state index in [0.717, 1.165) is 39.1 Å². The predicted octanol–water partition coefficient (Wildman–Crippen LogP) is 3.59. The third-order valence-electron chi connectivity index (χ3n) is 5.11. The largest absolute Gasteiger partial charge is 0.313 e. The molecule has 2 aromatic carbocycles. The average Bonchev–Trinajstić information content (AvgIpc) is 2.70. The van der Waals surface area contributed by atoms with Crippen LogP contribution < -0.4 is 10.6 Å². The lowest BCUT2D eigenvalue weighted by molar-refractivity contribution is 0.197. The summed E-state index contributed by atoms with van der Waals surface area (Å²) < 4.78 is 0. The number of nitrogens with one attached hydrogen (secondary N) is 2. The van der Waals surface area contributed by atoms with E-state index >= 15 is 0 Å². The molecule has 2 N–H and O–H groups in total. The van der Waals surface area contributed by atoms with Crippen molar-refractivity contribution in [2.45, 2.75) is 25.8 Å². The number of benzene rings is 2. The molecular weight excluding hydrogens is 330 g/mol. The predicted molar refractivity (Wildman–Crippen MR) is 116 cm³/mol. The lowest BCUT2D eigenvalue weighted by Crippen LogP contribution is -2.51. The van der Waals surface area contributed by atoms with Gasteiger partial charge in [0.15, 0.2) is 0 Å². The number of piperazine rings is 1. The van der Waals surface area contributed by atoms with Gasteiger partial charge >= 0.3 is 0 Å². The van der Waals surface area contributed by atoms with Crippen LogP contribution in [0.2, 0.25) is 0 Å². The zero-order chi connectivity index (χ0) is 18.7. The molecule has 1 atom stereocenters. The highest BCUT2D eigenvalue weighted by atomic mass is 15.2. The lowest BCUT2D eigenvalue weighted by atomic mass is 10.0. The molecule has 0 spiro atoms. The normalized spacial score (nSPS) is 18.6. The molecule has 3 heteroatoms. The summed E-state index contributed by atoms with van der Waals surface area (Å²) in [4.78, 5) is 2.61. The molecule has 1 aliphatic heterocycles. The molecule has 3 nitrogen and oxygen atoms in total. The maximum atomic E-state index is 3.67. The third kappa shape index (κ3) is 7.30. The molecule has 0 amide bonds. The maximum absolute atomic E-state index is 3.67. The van der Waals surface area contributed by atoms with Crippen molar-refractivity contribution in [3.63, 3.8) is 0 Å². The summed E-state index contributed by atoms with van der Waals surface area (Å²) in [6.07, 6.45) is 4.59. The van der Waals surface area contributed by atoms with Crippen molar-refractivity contribution >= 4 is 6.08 Å². The highest BCUT2D eigenvalue weighted by molar-refractivity contribution is 5.52. The Labute approximate surface area is 164 Å². The Bertz CT molecular complexity index is 681. The van der Waals surface area contributed by atoms with Crippen LogP contribution >= 0.6 is 0 Å². The second-order valence-corrected chi connectivity index (χ2v) is 7.57. The van der Waals surface area contributed by atoms with Gasteiger partial charge in [-0.15, -0.1) is 0 Å². The minimum Gasteiger partial charge on any atom is -0.313 e. The molecule has 144 valence electrons. The summed E-state index contributed by atoms with van der Waals surface area (Å²) in [6, 6.07) is 21.9. The van der Waals surface area contributed by atoms with Crippen molar-refractivity contribution in [2.24, 2.45) is 0 Å². The molecular formula is C24H33N3. The van der Waals surface area contributed by atoms with Gasteiger partial charge in [-0.3, -0.25) is 0 Å². The molecule has 3 rings (SSSR count). The Morgan fingerprint density at radius 3 is 2.63 bits per heavy atom. The van der Waals surface area contributed by atoms with Gasteiger partial charge in [-0.1, -0.05) is 72.3 Å². The van der Waals surface area contributed by atoms with Gasteiger partial charge in [-0.25, -0.2) is 0 Å². The molecule has 1 fully saturated rings. The van der Waals surface area contributed by atoms with Gasteiger partial charge in [0.2, 0.25) is 0 Å². The van der Waals surface area contributed by atoms with Crippen LogP contribution in [0.4, 0.5) is 0 Å². The molecule has 0 unspecified atom stereocenters. The molecule has 0 bridgehead atoms. The van der Waals surface area contributed by atoms with Gasteiger partial charge in [-0.2, -0.15) is 0 Å². The first-order valence-corrected chi connectivity index (χ1v) is 10.2. The van der Waals surface area contributed by atoms with E-state index in [9.17, 15) is 0 Å². The van der Waals surface area contributed by atoms with E-state index in [2.05, 4.69) is 89.2 Å². The van der Waals surface area contributed by atoms with Crippen molar-refractivity contribution in [1.82, 2.24) is 15.5 Å². The SMILES string of the molecule is C/C(=C\c1ccccc1)CNCCCN1CCN[C@@H](Cc2ccccc2)C1. The molecule has 0 radical (unpaired) electrons.